The molecular weight excluding hydrogens is 159 g/mol. The highest BCUT2D eigenvalue weighted by molar-refractivity contribution is 6.41. The molecule has 0 saturated carbocycles. The van der Waals surface area contributed by atoms with Crippen LogP contribution in [-0.4, -0.2) is 26.5 Å². The van der Waals surface area contributed by atoms with Crippen molar-refractivity contribution in [3.63, 3.8) is 0 Å². The highest BCUT2D eigenvalue weighted by Gasteiger charge is 2.54. The van der Waals surface area contributed by atoms with Crippen molar-refractivity contribution >= 4 is 13.3 Å². The minimum Gasteiger partial charge on any atom is -0.484 e. The van der Waals surface area contributed by atoms with Crippen LogP contribution in [0.3, 0.4) is 0 Å². The minimum atomic E-state index is -0.740. The Bertz CT molecular complexity index is 192. The molecule has 3 saturated heterocycles. The predicted octanol–water partition coefficient (Wildman–Crippen LogP) is 0.361. The van der Waals surface area contributed by atoms with Crippen LogP contribution in [0.15, 0.2) is 0 Å². The summed E-state index contributed by atoms with van der Waals surface area (Å²) in [7, 11) is -0.740. The van der Waals surface area contributed by atoms with Crippen LogP contribution in [0.4, 0.5) is 0 Å². The van der Waals surface area contributed by atoms with Crippen molar-refractivity contribution in [2.45, 2.75) is 19.8 Å². The van der Waals surface area contributed by atoms with Crippen LogP contribution in [0.5, 0.6) is 0 Å². The Kier molecular flexibility index (Phi) is 1.85. The third kappa shape index (κ3) is 1.04. The second-order valence-electron chi connectivity index (χ2n) is 3.35. The van der Waals surface area contributed by atoms with Crippen LogP contribution in [0.25, 0.3) is 0 Å². The molecule has 3 rings (SSSR count). The molecule has 0 aromatic carbocycles. The minimum absolute atomic E-state index is 0.160. The van der Waals surface area contributed by atoms with Gasteiger partial charge in [-0.15, -0.1) is 0 Å². The zero-order valence-electron chi connectivity index (χ0n) is 7.04. The third-order valence-corrected chi connectivity index (χ3v) is 2.36. The average Bonchev–Trinajstić information content (AvgIpc) is 2.08. The summed E-state index contributed by atoms with van der Waals surface area (Å²) < 4.78 is 15.1. The molecule has 3 fully saturated rings. The van der Waals surface area contributed by atoms with Gasteiger partial charge in [0, 0.05) is 0 Å². The number of carbonyl (C=O) groups is 1. The van der Waals surface area contributed by atoms with Crippen LogP contribution in [0, 0.1) is 5.41 Å². The Labute approximate surface area is 71.3 Å². The lowest BCUT2D eigenvalue weighted by Crippen LogP contribution is -2.58. The van der Waals surface area contributed by atoms with Gasteiger partial charge in [-0.1, -0.05) is 13.3 Å². The maximum absolute atomic E-state index is 11.4. The smallest absolute Gasteiger partial charge is 0.484 e. The molecule has 0 aliphatic carbocycles. The van der Waals surface area contributed by atoms with Gasteiger partial charge in [-0.05, 0) is 6.42 Å². The SMILES string of the molecule is CCCC12COB(OC1)OC2=O. The van der Waals surface area contributed by atoms with E-state index in [0.717, 1.165) is 12.8 Å². The number of fused-ring (bicyclic) bond motifs is 3. The van der Waals surface area contributed by atoms with E-state index < -0.39 is 12.7 Å². The standard InChI is InChI=1S/C7H11BO4/c1-2-3-7-4-10-8(11-5-7)12-6(7)9/h2-5H2,1H3. The molecule has 0 N–H and O–H groups in total. The molecule has 0 atom stereocenters. The molecule has 3 heterocycles. The van der Waals surface area contributed by atoms with Gasteiger partial charge in [0.1, 0.15) is 5.41 Å². The van der Waals surface area contributed by atoms with Crippen LogP contribution in [0.2, 0.25) is 0 Å². The molecule has 3 aliphatic rings. The van der Waals surface area contributed by atoms with Gasteiger partial charge in [0.2, 0.25) is 0 Å². The molecule has 2 bridgehead atoms. The molecule has 3 aliphatic heterocycles. The molecule has 66 valence electrons. The van der Waals surface area contributed by atoms with Gasteiger partial charge in [-0.2, -0.15) is 0 Å². The van der Waals surface area contributed by atoms with E-state index in [9.17, 15) is 4.79 Å². The first kappa shape index (κ1) is 8.07. The summed E-state index contributed by atoms with van der Waals surface area (Å²) in [5.41, 5.74) is -0.510. The van der Waals surface area contributed by atoms with E-state index in [4.69, 9.17) is 14.0 Å². The van der Waals surface area contributed by atoms with Crippen molar-refractivity contribution in [3.05, 3.63) is 0 Å². The van der Waals surface area contributed by atoms with Crippen molar-refractivity contribution in [1.82, 2.24) is 0 Å². The highest BCUT2D eigenvalue weighted by Crippen LogP contribution is 2.35. The van der Waals surface area contributed by atoms with E-state index in [1.807, 2.05) is 6.92 Å². The van der Waals surface area contributed by atoms with Crippen molar-refractivity contribution in [2.75, 3.05) is 13.2 Å². The fraction of sp³-hybridized carbons (Fsp3) is 0.857. The molecule has 0 spiro atoms. The number of carbonyl (C=O) groups excluding carboxylic acids is 1. The quantitative estimate of drug-likeness (QED) is 0.561. The summed E-state index contributed by atoms with van der Waals surface area (Å²) in [6, 6.07) is 0. The van der Waals surface area contributed by atoms with Crippen molar-refractivity contribution in [1.29, 1.82) is 0 Å². The maximum atomic E-state index is 11.4. The normalized spacial score (nSPS) is 25.8. The molecule has 5 heteroatoms. The predicted molar refractivity (Wildman–Crippen MR) is 41.1 cm³/mol. The largest absolute Gasteiger partial charge is 0.715 e. The van der Waals surface area contributed by atoms with E-state index >= 15 is 0 Å². The monoisotopic (exact) mass is 170 g/mol. The fourth-order valence-corrected chi connectivity index (χ4v) is 1.67. The van der Waals surface area contributed by atoms with Crippen molar-refractivity contribution < 1.29 is 18.8 Å². The number of hydrogen-bond acceptors (Lipinski definition) is 4. The number of hydrogen-bond donors (Lipinski definition) is 0. The lowest BCUT2D eigenvalue weighted by molar-refractivity contribution is -0.177. The summed E-state index contributed by atoms with van der Waals surface area (Å²) in [6.45, 7) is 2.93. The van der Waals surface area contributed by atoms with E-state index in [0.29, 0.717) is 13.2 Å². The van der Waals surface area contributed by atoms with Crippen molar-refractivity contribution in [2.24, 2.45) is 5.41 Å². The van der Waals surface area contributed by atoms with Crippen LogP contribution in [0.1, 0.15) is 19.8 Å². The van der Waals surface area contributed by atoms with Crippen molar-refractivity contribution in [3.8, 4) is 0 Å². The van der Waals surface area contributed by atoms with Gasteiger partial charge in [0.15, 0.2) is 0 Å². The molecule has 0 radical (unpaired) electrons. The Morgan fingerprint density at radius 3 is 2.67 bits per heavy atom. The van der Waals surface area contributed by atoms with E-state index in [1.54, 1.807) is 0 Å². The molecule has 0 amide bonds. The molecule has 12 heavy (non-hydrogen) atoms. The average molecular weight is 170 g/mol. The summed E-state index contributed by atoms with van der Waals surface area (Å²) in [4.78, 5) is 11.4. The fourth-order valence-electron chi connectivity index (χ4n) is 1.67. The summed E-state index contributed by atoms with van der Waals surface area (Å²) in [5.74, 6) is -0.160. The van der Waals surface area contributed by atoms with Crippen LogP contribution >= 0.6 is 0 Å². The first-order valence-corrected chi connectivity index (χ1v) is 4.21. The van der Waals surface area contributed by atoms with Gasteiger partial charge in [0.05, 0.1) is 13.2 Å². The topological polar surface area (TPSA) is 44.8 Å². The summed E-state index contributed by atoms with van der Waals surface area (Å²) in [6.07, 6.45) is 1.71. The maximum Gasteiger partial charge on any atom is 0.715 e. The number of rotatable bonds is 2. The third-order valence-electron chi connectivity index (χ3n) is 2.36. The molecule has 4 nitrogen and oxygen atoms in total. The Hall–Kier alpha value is -0.545. The second kappa shape index (κ2) is 2.74. The van der Waals surface area contributed by atoms with E-state index in [1.165, 1.54) is 0 Å². The lowest BCUT2D eigenvalue weighted by Gasteiger charge is -2.41. The first-order valence-electron chi connectivity index (χ1n) is 4.21. The summed E-state index contributed by atoms with van der Waals surface area (Å²) >= 11 is 0. The molecule has 0 aromatic heterocycles. The van der Waals surface area contributed by atoms with E-state index in [-0.39, 0.29) is 5.97 Å². The van der Waals surface area contributed by atoms with Gasteiger partial charge >= 0.3 is 13.3 Å². The zero-order valence-corrected chi connectivity index (χ0v) is 7.04. The zero-order chi connectivity index (χ0) is 8.60. The molecular formula is C7H11BO4. The van der Waals surface area contributed by atoms with E-state index in [2.05, 4.69) is 0 Å². The summed E-state index contributed by atoms with van der Waals surface area (Å²) in [5, 5.41) is 0. The van der Waals surface area contributed by atoms with Gasteiger partial charge in [-0.3, -0.25) is 4.79 Å². The van der Waals surface area contributed by atoms with Gasteiger partial charge in [0.25, 0.3) is 0 Å². The molecule has 0 aromatic rings. The van der Waals surface area contributed by atoms with Gasteiger partial charge < -0.3 is 14.0 Å². The van der Waals surface area contributed by atoms with Crippen LogP contribution in [-0.2, 0) is 18.8 Å². The highest BCUT2D eigenvalue weighted by atomic mass is 16.8. The first-order chi connectivity index (χ1) is 5.77. The Balaban J connectivity index is 2.15. The van der Waals surface area contributed by atoms with Crippen LogP contribution < -0.4 is 0 Å². The second-order valence-corrected chi connectivity index (χ2v) is 3.35. The lowest BCUT2D eigenvalue weighted by atomic mass is 9.80. The van der Waals surface area contributed by atoms with Gasteiger partial charge in [-0.25, -0.2) is 0 Å². The Morgan fingerprint density at radius 1 is 1.50 bits per heavy atom. The molecule has 0 unspecified atom stereocenters. The Morgan fingerprint density at radius 2 is 2.17 bits per heavy atom.